The fraction of sp³-hybridized carbons (Fsp3) is 0.950. The van der Waals surface area contributed by atoms with E-state index in [4.69, 9.17) is 0 Å². The van der Waals surface area contributed by atoms with Crippen LogP contribution in [0.1, 0.15) is 66.2 Å². The Hall–Kier alpha value is -0.570. The summed E-state index contributed by atoms with van der Waals surface area (Å²) in [4.78, 5) is 16.8. The Kier molecular flexibility index (Phi) is 7.39. The third kappa shape index (κ3) is 6.10. The van der Waals surface area contributed by atoms with Crippen molar-refractivity contribution in [2.75, 3.05) is 32.7 Å². The van der Waals surface area contributed by atoms with Gasteiger partial charge in [0, 0.05) is 19.0 Å². The minimum atomic E-state index is 0.152. The van der Waals surface area contributed by atoms with Crippen molar-refractivity contribution in [1.82, 2.24) is 9.80 Å². The summed E-state index contributed by atoms with van der Waals surface area (Å²) in [5.41, 5.74) is 0. The van der Waals surface area contributed by atoms with E-state index in [-0.39, 0.29) is 5.92 Å². The van der Waals surface area contributed by atoms with Crippen LogP contribution >= 0.6 is 0 Å². The summed E-state index contributed by atoms with van der Waals surface area (Å²) in [6.07, 6.45) is 7.97. The topological polar surface area (TPSA) is 23.6 Å². The average Bonchev–Trinajstić information content (AvgIpc) is 2.53. The van der Waals surface area contributed by atoms with Crippen LogP contribution in [0.5, 0.6) is 0 Å². The molecule has 0 aliphatic carbocycles. The summed E-state index contributed by atoms with van der Waals surface area (Å²) in [7, 11) is 0. The highest BCUT2D eigenvalue weighted by Crippen LogP contribution is 2.26. The zero-order valence-corrected chi connectivity index (χ0v) is 15.9. The van der Waals surface area contributed by atoms with Gasteiger partial charge in [0.25, 0.3) is 0 Å². The van der Waals surface area contributed by atoms with E-state index < -0.39 is 0 Å². The second-order valence-electron chi connectivity index (χ2n) is 8.63. The van der Waals surface area contributed by atoms with Gasteiger partial charge in [0.05, 0.1) is 0 Å². The molecule has 2 saturated heterocycles. The molecule has 0 radical (unpaired) electrons. The molecule has 2 fully saturated rings. The van der Waals surface area contributed by atoms with Crippen LogP contribution < -0.4 is 0 Å². The van der Waals surface area contributed by atoms with E-state index in [2.05, 4.69) is 23.6 Å². The van der Waals surface area contributed by atoms with Crippen LogP contribution in [0.25, 0.3) is 0 Å². The maximum atomic E-state index is 12.0. The molecule has 0 aromatic rings. The maximum Gasteiger partial charge on any atom is 0.225 e. The van der Waals surface area contributed by atoms with Crippen LogP contribution in [-0.2, 0) is 4.79 Å². The second kappa shape index (κ2) is 9.05. The monoisotopic (exact) mass is 322 g/mol. The fourth-order valence-electron chi connectivity index (χ4n) is 4.28. The first kappa shape index (κ1) is 18.8. The normalized spacial score (nSPS) is 22.3. The van der Waals surface area contributed by atoms with Crippen LogP contribution in [0.2, 0.25) is 0 Å². The lowest BCUT2D eigenvalue weighted by Gasteiger charge is -2.36. The minimum absolute atomic E-state index is 0.152. The molecule has 0 aromatic carbocycles. The zero-order chi connectivity index (χ0) is 16.8. The molecule has 23 heavy (non-hydrogen) atoms. The molecule has 0 atom stereocenters. The third-order valence-electron chi connectivity index (χ3n) is 5.79. The van der Waals surface area contributed by atoms with Gasteiger partial charge in [-0.25, -0.2) is 0 Å². The number of amides is 1. The molecular formula is C20H38N2O. The van der Waals surface area contributed by atoms with Crippen molar-refractivity contribution in [2.24, 2.45) is 23.7 Å². The highest BCUT2D eigenvalue weighted by Gasteiger charge is 2.25. The van der Waals surface area contributed by atoms with Gasteiger partial charge in [-0.2, -0.15) is 0 Å². The van der Waals surface area contributed by atoms with Gasteiger partial charge < -0.3 is 9.80 Å². The van der Waals surface area contributed by atoms with Gasteiger partial charge in [0.15, 0.2) is 0 Å². The Morgan fingerprint density at radius 2 is 1.48 bits per heavy atom. The number of carbonyl (C=O) groups is 1. The summed E-state index contributed by atoms with van der Waals surface area (Å²) >= 11 is 0. The molecule has 2 heterocycles. The Morgan fingerprint density at radius 1 is 0.913 bits per heavy atom. The Labute approximate surface area is 143 Å². The molecule has 2 aliphatic heterocycles. The highest BCUT2D eigenvalue weighted by molar-refractivity contribution is 5.78. The number of hydrogen-bond donors (Lipinski definition) is 0. The van der Waals surface area contributed by atoms with Crippen molar-refractivity contribution in [1.29, 1.82) is 0 Å². The molecule has 0 unspecified atom stereocenters. The lowest BCUT2D eigenvalue weighted by molar-refractivity contribution is -0.135. The molecule has 3 heteroatoms. The molecule has 3 nitrogen and oxygen atoms in total. The minimum Gasteiger partial charge on any atom is -0.342 e. The lowest BCUT2D eigenvalue weighted by atomic mass is 9.88. The van der Waals surface area contributed by atoms with Gasteiger partial charge in [-0.3, -0.25) is 4.79 Å². The largest absolute Gasteiger partial charge is 0.342 e. The molecule has 2 aliphatic rings. The van der Waals surface area contributed by atoms with E-state index in [0.717, 1.165) is 30.8 Å². The third-order valence-corrected chi connectivity index (χ3v) is 5.79. The standard InChI is InChI=1S/C20H38N2O/c1-16(2)15-19-6-11-21(12-7-19)10-5-18-8-13-22(14-9-18)20(23)17(3)4/h16-19H,5-15H2,1-4H3. The first-order valence-electron chi connectivity index (χ1n) is 9.96. The quantitative estimate of drug-likeness (QED) is 0.737. The summed E-state index contributed by atoms with van der Waals surface area (Å²) in [6.45, 7) is 14.6. The van der Waals surface area contributed by atoms with Crippen molar-refractivity contribution in [3.63, 3.8) is 0 Å². The van der Waals surface area contributed by atoms with Gasteiger partial charge in [0.1, 0.15) is 0 Å². The Balaban J connectivity index is 1.60. The van der Waals surface area contributed by atoms with Gasteiger partial charge in [-0.15, -0.1) is 0 Å². The predicted octanol–water partition coefficient (Wildman–Crippen LogP) is 4.03. The van der Waals surface area contributed by atoms with Crippen molar-refractivity contribution in [3.8, 4) is 0 Å². The maximum absolute atomic E-state index is 12.0. The first-order chi connectivity index (χ1) is 11.0. The van der Waals surface area contributed by atoms with E-state index in [1.807, 2.05) is 13.8 Å². The molecule has 0 N–H and O–H groups in total. The first-order valence-corrected chi connectivity index (χ1v) is 9.96. The molecule has 0 aromatic heterocycles. The summed E-state index contributed by atoms with van der Waals surface area (Å²) in [5, 5.41) is 0. The Bertz CT molecular complexity index is 351. The van der Waals surface area contributed by atoms with Crippen molar-refractivity contribution in [3.05, 3.63) is 0 Å². The van der Waals surface area contributed by atoms with E-state index in [0.29, 0.717) is 5.91 Å². The van der Waals surface area contributed by atoms with E-state index in [1.165, 1.54) is 58.2 Å². The average molecular weight is 323 g/mol. The number of hydrogen-bond acceptors (Lipinski definition) is 2. The van der Waals surface area contributed by atoms with E-state index >= 15 is 0 Å². The van der Waals surface area contributed by atoms with Gasteiger partial charge >= 0.3 is 0 Å². The van der Waals surface area contributed by atoms with Crippen molar-refractivity contribution in [2.45, 2.75) is 66.2 Å². The van der Waals surface area contributed by atoms with Crippen LogP contribution in [0.15, 0.2) is 0 Å². The fourth-order valence-corrected chi connectivity index (χ4v) is 4.28. The number of nitrogens with zero attached hydrogens (tertiary/aromatic N) is 2. The summed E-state index contributed by atoms with van der Waals surface area (Å²) in [6, 6.07) is 0. The number of rotatable bonds is 6. The number of likely N-dealkylation sites (tertiary alicyclic amines) is 2. The molecule has 134 valence electrons. The van der Waals surface area contributed by atoms with Crippen LogP contribution in [-0.4, -0.2) is 48.4 Å². The number of piperidine rings is 2. The van der Waals surface area contributed by atoms with Crippen LogP contribution in [0.3, 0.4) is 0 Å². The van der Waals surface area contributed by atoms with Gasteiger partial charge in [-0.1, -0.05) is 27.7 Å². The molecule has 0 spiro atoms. The highest BCUT2D eigenvalue weighted by atomic mass is 16.2. The molecule has 2 rings (SSSR count). The predicted molar refractivity (Wildman–Crippen MR) is 97.4 cm³/mol. The molecular weight excluding hydrogens is 284 g/mol. The van der Waals surface area contributed by atoms with Crippen molar-refractivity contribution >= 4 is 5.91 Å². The van der Waals surface area contributed by atoms with E-state index in [9.17, 15) is 4.79 Å². The zero-order valence-electron chi connectivity index (χ0n) is 15.9. The van der Waals surface area contributed by atoms with Gasteiger partial charge in [0.2, 0.25) is 5.91 Å². The van der Waals surface area contributed by atoms with Gasteiger partial charge in [-0.05, 0) is 75.9 Å². The van der Waals surface area contributed by atoms with Crippen molar-refractivity contribution < 1.29 is 4.79 Å². The second-order valence-corrected chi connectivity index (χ2v) is 8.63. The SMILES string of the molecule is CC(C)CC1CCN(CCC2CCN(C(=O)C(C)C)CC2)CC1. The van der Waals surface area contributed by atoms with Crippen LogP contribution in [0, 0.1) is 23.7 Å². The molecule has 0 saturated carbocycles. The smallest absolute Gasteiger partial charge is 0.225 e. The molecule has 1 amide bonds. The summed E-state index contributed by atoms with van der Waals surface area (Å²) < 4.78 is 0. The Morgan fingerprint density at radius 3 is 2.00 bits per heavy atom. The number of carbonyl (C=O) groups excluding carboxylic acids is 1. The van der Waals surface area contributed by atoms with Crippen LogP contribution in [0.4, 0.5) is 0 Å². The van der Waals surface area contributed by atoms with E-state index in [1.54, 1.807) is 0 Å². The lowest BCUT2D eigenvalue weighted by Crippen LogP contribution is -2.41. The molecule has 0 bridgehead atoms. The summed E-state index contributed by atoms with van der Waals surface area (Å²) in [5.74, 6) is 3.15.